The highest BCUT2D eigenvalue weighted by molar-refractivity contribution is 6.33. The maximum absolute atomic E-state index is 10.9. The monoisotopic (exact) mass is 265 g/mol. The van der Waals surface area contributed by atoms with Gasteiger partial charge >= 0.3 is 5.97 Å². The van der Waals surface area contributed by atoms with Gasteiger partial charge in [-0.2, -0.15) is 0 Å². The maximum atomic E-state index is 10.9. The van der Waals surface area contributed by atoms with E-state index in [1.807, 2.05) is 6.07 Å². The Labute approximate surface area is 111 Å². The first-order valence-corrected chi connectivity index (χ1v) is 6.82. The topological polar surface area (TPSA) is 49.3 Å². The molecule has 0 aromatic heterocycles. The number of carboxylic acid groups (broad SMARTS) is 1. The summed E-state index contributed by atoms with van der Waals surface area (Å²) in [4.78, 5) is 10.9. The van der Waals surface area contributed by atoms with E-state index >= 15 is 0 Å². The first kappa shape index (κ1) is 11.8. The number of carboxylic acids is 1. The van der Waals surface area contributed by atoms with Crippen molar-refractivity contribution in [1.29, 1.82) is 0 Å². The van der Waals surface area contributed by atoms with Crippen molar-refractivity contribution in [3.63, 3.8) is 0 Å². The third-order valence-electron chi connectivity index (χ3n) is 3.79. The molecule has 2 N–H and O–H groups in total. The van der Waals surface area contributed by atoms with Crippen LogP contribution in [0.3, 0.4) is 0 Å². The zero-order chi connectivity index (χ0) is 12.7. The average Bonchev–Trinajstić information content (AvgIpc) is 3.17. The fourth-order valence-corrected chi connectivity index (χ4v) is 2.76. The molecular weight excluding hydrogens is 250 g/mol. The quantitative estimate of drug-likeness (QED) is 0.855. The molecule has 4 heteroatoms. The largest absolute Gasteiger partial charge is 0.478 e. The second kappa shape index (κ2) is 4.47. The molecule has 18 heavy (non-hydrogen) atoms. The summed E-state index contributed by atoms with van der Waals surface area (Å²) in [6.07, 6.45) is 5.26. The molecule has 2 fully saturated rings. The van der Waals surface area contributed by atoms with Crippen molar-refractivity contribution >= 4 is 23.3 Å². The van der Waals surface area contributed by atoms with E-state index in [4.69, 9.17) is 16.7 Å². The van der Waals surface area contributed by atoms with Crippen LogP contribution in [0.25, 0.3) is 0 Å². The normalized spacial score (nSPS) is 19.0. The minimum absolute atomic E-state index is 0.164. The van der Waals surface area contributed by atoms with Gasteiger partial charge in [0.15, 0.2) is 0 Å². The Hall–Kier alpha value is -1.22. The average molecular weight is 266 g/mol. The number of aromatic carboxylic acids is 1. The van der Waals surface area contributed by atoms with Crippen molar-refractivity contribution < 1.29 is 9.90 Å². The van der Waals surface area contributed by atoms with Gasteiger partial charge in [-0.25, -0.2) is 4.79 Å². The van der Waals surface area contributed by atoms with E-state index in [1.165, 1.54) is 25.7 Å². The molecule has 0 spiro atoms. The predicted molar refractivity (Wildman–Crippen MR) is 71.3 cm³/mol. The Morgan fingerprint density at radius 2 is 1.89 bits per heavy atom. The molecule has 0 saturated heterocycles. The van der Waals surface area contributed by atoms with Crippen molar-refractivity contribution in [3.8, 4) is 0 Å². The number of hydrogen-bond acceptors (Lipinski definition) is 2. The molecule has 0 heterocycles. The standard InChI is InChI=1S/C14H16ClNO2/c15-12-7-10(5-6-11(12)14(17)18)16-13(8-1-2-8)9-3-4-9/h5-9,13,16H,1-4H2,(H,17,18). The van der Waals surface area contributed by atoms with Crippen LogP contribution in [-0.2, 0) is 0 Å². The van der Waals surface area contributed by atoms with Gasteiger partial charge in [-0.3, -0.25) is 0 Å². The van der Waals surface area contributed by atoms with E-state index in [9.17, 15) is 4.79 Å². The van der Waals surface area contributed by atoms with Gasteiger partial charge in [0.1, 0.15) is 0 Å². The van der Waals surface area contributed by atoms with Crippen LogP contribution in [-0.4, -0.2) is 17.1 Å². The van der Waals surface area contributed by atoms with Gasteiger partial charge in [-0.1, -0.05) is 11.6 Å². The summed E-state index contributed by atoms with van der Waals surface area (Å²) in [5, 5.41) is 12.8. The van der Waals surface area contributed by atoms with Crippen LogP contribution in [0.1, 0.15) is 36.0 Å². The minimum Gasteiger partial charge on any atom is -0.478 e. The molecule has 2 aliphatic carbocycles. The number of halogens is 1. The molecule has 3 nitrogen and oxygen atoms in total. The van der Waals surface area contributed by atoms with Crippen molar-refractivity contribution in [2.75, 3.05) is 5.32 Å². The van der Waals surface area contributed by atoms with Gasteiger partial charge in [0.2, 0.25) is 0 Å². The number of rotatable bonds is 5. The summed E-state index contributed by atoms with van der Waals surface area (Å²) in [5.41, 5.74) is 1.10. The van der Waals surface area contributed by atoms with E-state index in [0.29, 0.717) is 11.1 Å². The molecule has 96 valence electrons. The molecule has 0 unspecified atom stereocenters. The minimum atomic E-state index is -0.979. The smallest absolute Gasteiger partial charge is 0.337 e. The van der Waals surface area contributed by atoms with Crippen LogP contribution < -0.4 is 5.32 Å². The predicted octanol–water partition coefficient (Wildman–Crippen LogP) is 3.64. The molecule has 2 aliphatic rings. The fourth-order valence-electron chi connectivity index (χ4n) is 2.50. The molecular formula is C14H16ClNO2. The van der Waals surface area contributed by atoms with E-state index in [-0.39, 0.29) is 5.56 Å². The summed E-state index contributed by atoms with van der Waals surface area (Å²) < 4.78 is 0. The van der Waals surface area contributed by atoms with Crippen molar-refractivity contribution in [2.45, 2.75) is 31.7 Å². The Morgan fingerprint density at radius 1 is 1.28 bits per heavy atom. The fraction of sp³-hybridized carbons (Fsp3) is 0.500. The highest BCUT2D eigenvalue weighted by Gasteiger charge is 2.41. The molecule has 1 aromatic carbocycles. The van der Waals surface area contributed by atoms with Crippen molar-refractivity contribution in [1.82, 2.24) is 0 Å². The van der Waals surface area contributed by atoms with Crippen LogP contribution in [0.4, 0.5) is 5.69 Å². The Kier molecular flexibility index (Phi) is 2.94. The lowest BCUT2D eigenvalue weighted by molar-refractivity contribution is 0.0697. The number of benzene rings is 1. The van der Waals surface area contributed by atoms with E-state index in [2.05, 4.69) is 5.32 Å². The molecule has 0 bridgehead atoms. The first-order chi connectivity index (χ1) is 8.65. The first-order valence-electron chi connectivity index (χ1n) is 6.44. The van der Waals surface area contributed by atoms with E-state index in [0.717, 1.165) is 17.5 Å². The zero-order valence-electron chi connectivity index (χ0n) is 10.0. The maximum Gasteiger partial charge on any atom is 0.337 e. The summed E-state index contributed by atoms with van der Waals surface area (Å²) in [5.74, 6) is 0.623. The Balaban J connectivity index is 1.75. The van der Waals surface area contributed by atoms with Crippen molar-refractivity contribution in [2.24, 2.45) is 11.8 Å². The van der Waals surface area contributed by atoms with Gasteiger partial charge in [-0.05, 0) is 55.7 Å². The second-order valence-electron chi connectivity index (χ2n) is 5.34. The van der Waals surface area contributed by atoms with E-state index in [1.54, 1.807) is 12.1 Å². The SMILES string of the molecule is O=C(O)c1ccc(NC(C2CC2)C2CC2)cc1Cl. The Morgan fingerprint density at radius 3 is 2.33 bits per heavy atom. The molecule has 2 saturated carbocycles. The molecule has 1 aromatic rings. The van der Waals surface area contributed by atoms with Crippen LogP contribution in [0.5, 0.6) is 0 Å². The van der Waals surface area contributed by atoms with Gasteiger partial charge in [0.25, 0.3) is 0 Å². The third-order valence-corrected chi connectivity index (χ3v) is 4.11. The molecule has 3 rings (SSSR count). The summed E-state index contributed by atoms with van der Waals surface area (Å²) in [7, 11) is 0. The molecule has 0 atom stereocenters. The van der Waals surface area contributed by atoms with Crippen LogP contribution in [0.15, 0.2) is 18.2 Å². The summed E-state index contributed by atoms with van der Waals surface area (Å²) in [6, 6.07) is 5.66. The summed E-state index contributed by atoms with van der Waals surface area (Å²) >= 11 is 5.98. The van der Waals surface area contributed by atoms with Gasteiger partial charge in [-0.15, -0.1) is 0 Å². The zero-order valence-corrected chi connectivity index (χ0v) is 10.8. The highest BCUT2D eigenvalue weighted by Crippen LogP contribution is 2.46. The van der Waals surface area contributed by atoms with Crippen LogP contribution in [0, 0.1) is 11.8 Å². The van der Waals surface area contributed by atoms with Crippen LogP contribution in [0.2, 0.25) is 5.02 Å². The second-order valence-corrected chi connectivity index (χ2v) is 5.75. The number of hydrogen-bond donors (Lipinski definition) is 2. The lowest BCUT2D eigenvalue weighted by Gasteiger charge is -2.19. The van der Waals surface area contributed by atoms with Gasteiger partial charge < -0.3 is 10.4 Å². The number of anilines is 1. The molecule has 0 aliphatic heterocycles. The van der Waals surface area contributed by atoms with Crippen LogP contribution >= 0.6 is 11.6 Å². The van der Waals surface area contributed by atoms with Gasteiger partial charge in [0.05, 0.1) is 10.6 Å². The third kappa shape index (κ3) is 2.46. The number of carbonyl (C=O) groups is 1. The number of nitrogens with one attached hydrogen (secondary N) is 1. The lowest BCUT2D eigenvalue weighted by atomic mass is 10.1. The molecule has 0 amide bonds. The lowest BCUT2D eigenvalue weighted by Crippen LogP contribution is -2.24. The van der Waals surface area contributed by atoms with Gasteiger partial charge in [0, 0.05) is 11.7 Å². The molecule has 0 radical (unpaired) electrons. The summed E-state index contributed by atoms with van der Waals surface area (Å²) in [6.45, 7) is 0. The Bertz CT molecular complexity index is 469. The highest BCUT2D eigenvalue weighted by atomic mass is 35.5. The van der Waals surface area contributed by atoms with E-state index < -0.39 is 5.97 Å². The van der Waals surface area contributed by atoms with Crippen molar-refractivity contribution in [3.05, 3.63) is 28.8 Å².